The molecule has 4 rings (SSSR count). The maximum Gasteiger partial charge on any atom is 0.416 e. The molecule has 0 atom stereocenters. The molecule has 0 N–H and O–H groups in total. The van der Waals surface area contributed by atoms with Gasteiger partial charge in [-0.3, -0.25) is 0 Å². The second-order valence-electron chi connectivity index (χ2n) is 8.43. The van der Waals surface area contributed by atoms with Gasteiger partial charge in [-0.25, -0.2) is 16.8 Å². The SMILES string of the molecule is COc1ccc(S(=O)(=O)C2CCN(S(=O)(=O)c3ccc(-c4cccc(C(F)(F)F)c4)cc3)CC2)cc1. The van der Waals surface area contributed by atoms with Crippen molar-refractivity contribution >= 4 is 19.9 Å². The van der Waals surface area contributed by atoms with Gasteiger partial charge in [-0.2, -0.15) is 17.5 Å². The molecule has 0 aliphatic carbocycles. The Morgan fingerprint density at radius 3 is 1.94 bits per heavy atom. The number of piperidine rings is 1. The normalized spacial score (nSPS) is 16.1. The number of alkyl halides is 3. The minimum atomic E-state index is -4.48. The van der Waals surface area contributed by atoms with Gasteiger partial charge in [-0.1, -0.05) is 24.3 Å². The molecule has 0 spiro atoms. The molecule has 0 unspecified atom stereocenters. The summed E-state index contributed by atoms with van der Waals surface area (Å²) in [6.07, 6.45) is -4.18. The molecule has 11 heteroatoms. The van der Waals surface area contributed by atoms with Crippen LogP contribution >= 0.6 is 0 Å². The topological polar surface area (TPSA) is 80.8 Å². The van der Waals surface area contributed by atoms with Crippen LogP contribution in [-0.4, -0.2) is 46.6 Å². The lowest BCUT2D eigenvalue weighted by Crippen LogP contribution is -2.42. The minimum absolute atomic E-state index is 0.00492. The molecule has 1 saturated heterocycles. The molecular formula is C25H24F3NO5S2. The lowest BCUT2D eigenvalue weighted by atomic mass is 10.0. The third-order valence-electron chi connectivity index (χ3n) is 6.24. The van der Waals surface area contributed by atoms with Crippen LogP contribution < -0.4 is 4.74 Å². The van der Waals surface area contributed by atoms with Gasteiger partial charge in [0.1, 0.15) is 5.75 Å². The Bertz CT molecular complexity index is 1430. The predicted molar refractivity (Wildman–Crippen MR) is 129 cm³/mol. The van der Waals surface area contributed by atoms with E-state index in [1.54, 1.807) is 12.1 Å². The van der Waals surface area contributed by atoms with Crippen LogP contribution in [0.1, 0.15) is 18.4 Å². The van der Waals surface area contributed by atoms with Gasteiger partial charge in [-0.05, 0) is 72.5 Å². The highest BCUT2D eigenvalue weighted by molar-refractivity contribution is 7.92. The van der Waals surface area contributed by atoms with Crippen LogP contribution in [0.4, 0.5) is 13.2 Å². The first-order chi connectivity index (χ1) is 16.9. The summed E-state index contributed by atoms with van der Waals surface area (Å²) in [6.45, 7) is 0.0789. The average molecular weight is 540 g/mol. The summed E-state index contributed by atoms with van der Waals surface area (Å²) < 4.78 is 97.6. The fourth-order valence-corrected chi connectivity index (χ4v) is 7.39. The first-order valence-electron chi connectivity index (χ1n) is 11.1. The Morgan fingerprint density at radius 1 is 0.806 bits per heavy atom. The highest BCUT2D eigenvalue weighted by Crippen LogP contribution is 2.33. The van der Waals surface area contributed by atoms with Crippen molar-refractivity contribution in [3.8, 4) is 16.9 Å². The molecule has 1 fully saturated rings. The van der Waals surface area contributed by atoms with Crippen LogP contribution in [0.3, 0.4) is 0 Å². The van der Waals surface area contributed by atoms with E-state index in [1.165, 1.54) is 59.9 Å². The van der Waals surface area contributed by atoms with Gasteiger partial charge in [0, 0.05) is 13.1 Å². The van der Waals surface area contributed by atoms with Crippen LogP contribution in [0.15, 0.2) is 82.6 Å². The highest BCUT2D eigenvalue weighted by atomic mass is 32.2. The Kier molecular flexibility index (Phi) is 7.18. The van der Waals surface area contributed by atoms with Gasteiger partial charge in [0.2, 0.25) is 10.0 Å². The molecule has 36 heavy (non-hydrogen) atoms. The molecule has 3 aromatic rings. The lowest BCUT2D eigenvalue weighted by Gasteiger charge is -2.31. The van der Waals surface area contributed by atoms with Crippen LogP contribution in [-0.2, 0) is 26.0 Å². The molecule has 0 aromatic heterocycles. The van der Waals surface area contributed by atoms with E-state index < -0.39 is 36.9 Å². The summed E-state index contributed by atoms with van der Waals surface area (Å²) in [5.74, 6) is 0.536. The van der Waals surface area contributed by atoms with Crippen molar-refractivity contribution in [1.82, 2.24) is 4.31 Å². The van der Waals surface area contributed by atoms with E-state index in [0.717, 1.165) is 12.1 Å². The molecule has 0 saturated carbocycles. The van der Waals surface area contributed by atoms with Crippen molar-refractivity contribution in [2.24, 2.45) is 0 Å². The molecular weight excluding hydrogens is 515 g/mol. The van der Waals surface area contributed by atoms with E-state index in [1.807, 2.05) is 0 Å². The van der Waals surface area contributed by atoms with Crippen molar-refractivity contribution < 1.29 is 34.7 Å². The van der Waals surface area contributed by atoms with Gasteiger partial charge in [-0.15, -0.1) is 0 Å². The molecule has 192 valence electrons. The number of hydrogen-bond acceptors (Lipinski definition) is 5. The van der Waals surface area contributed by atoms with Crippen LogP contribution in [0.2, 0.25) is 0 Å². The fraction of sp³-hybridized carbons (Fsp3) is 0.280. The molecule has 0 amide bonds. The summed E-state index contributed by atoms with van der Waals surface area (Å²) >= 11 is 0. The number of nitrogens with zero attached hydrogens (tertiary/aromatic N) is 1. The largest absolute Gasteiger partial charge is 0.497 e. The van der Waals surface area contributed by atoms with E-state index in [9.17, 15) is 30.0 Å². The quantitative estimate of drug-likeness (QED) is 0.440. The second kappa shape index (κ2) is 9.87. The number of ether oxygens (including phenoxy) is 1. The zero-order valence-electron chi connectivity index (χ0n) is 19.3. The third-order valence-corrected chi connectivity index (χ3v) is 10.4. The predicted octanol–water partition coefficient (Wildman–Crippen LogP) is 5.01. The van der Waals surface area contributed by atoms with Crippen LogP contribution in [0.5, 0.6) is 5.75 Å². The molecule has 1 heterocycles. The number of methoxy groups -OCH3 is 1. The van der Waals surface area contributed by atoms with E-state index in [-0.39, 0.29) is 35.7 Å². The third kappa shape index (κ3) is 5.28. The van der Waals surface area contributed by atoms with Crippen LogP contribution in [0.25, 0.3) is 11.1 Å². The van der Waals surface area contributed by atoms with Gasteiger partial charge < -0.3 is 4.74 Å². The molecule has 3 aromatic carbocycles. The lowest BCUT2D eigenvalue weighted by molar-refractivity contribution is -0.137. The van der Waals surface area contributed by atoms with E-state index in [2.05, 4.69) is 0 Å². The van der Waals surface area contributed by atoms with Gasteiger partial charge in [0.15, 0.2) is 9.84 Å². The summed E-state index contributed by atoms with van der Waals surface area (Å²) in [7, 11) is -6.04. The van der Waals surface area contributed by atoms with Gasteiger partial charge >= 0.3 is 6.18 Å². The van der Waals surface area contributed by atoms with Crippen molar-refractivity contribution in [2.45, 2.75) is 34.1 Å². The Morgan fingerprint density at radius 2 is 1.39 bits per heavy atom. The van der Waals surface area contributed by atoms with Gasteiger partial charge in [0.25, 0.3) is 0 Å². The van der Waals surface area contributed by atoms with E-state index >= 15 is 0 Å². The van der Waals surface area contributed by atoms with Crippen LogP contribution in [0, 0.1) is 0 Å². The fourth-order valence-electron chi connectivity index (χ4n) is 4.18. The summed E-state index contributed by atoms with van der Waals surface area (Å²) in [5, 5.41) is -0.708. The van der Waals surface area contributed by atoms with Crippen molar-refractivity contribution in [3.05, 3.63) is 78.4 Å². The Balaban J connectivity index is 1.47. The zero-order valence-corrected chi connectivity index (χ0v) is 20.9. The number of sulfone groups is 1. The number of benzene rings is 3. The number of sulfonamides is 1. The minimum Gasteiger partial charge on any atom is -0.497 e. The summed E-state index contributed by atoms with van der Waals surface area (Å²) in [6, 6.07) is 16.5. The number of rotatable bonds is 6. The van der Waals surface area contributed by atoms with Crippen molar-refractivity contribution in [2.75, 3.05) is 20.2 Å². The van der Waals surface area contributed by atoms with Gasteiger partial charge in [0.05, 0.1) is 27.7 Å². The second-order valence-corrected chi connectivity index (χ2v) is 12.6. The zero-order chi connectivity index (χ0) is 26.1. The maximum atomic E-state index is 13.1. The molecule has 1 aliphatic heterocycles. The Labute approximate surface area is 208 Å². The molecule has 0 bridgehead atoms. The first-order valence-corrected chi connectivity index (χ1v) is 14.1. The first kappa shape index (κ1) is 26.2. The van der Waals surface area contributed by atoms with E-state index in [0.29, 0.717) is 16.9 Å². The molecule has 1 aliphatic rings. The molecule has 0 radical (unpaired) electrons. The number of hydrogen-bond donors (Lipinski definition) is 0. The Hall–Kier alpha value is -2.89. The van der Waals surface area contributed by atoms with Crippen molar-refractivity contribution in [3.63, 3.8) is 0 Å². The van der Waals surface area contributed by atoms with Crippen molar-refractivity contribution in [1.29, 1.82) is 0 Å². The highest BCUT2D eigenvalue weighted by Gasteiger charge is 2.36. The number of halogens is 3. The maximum absolute atomic E-state index is 13.1. The smallest absolute Gasteiger partial charge is 0.416 e. The summed E-state index contributed by atoms with van der Waals surface area (Å²) in [5.41, 5.74) is -0.0215. The monoisotopic (exact) mass is 539 g/mol. The standard InChI is InChI=1S/C25H24F3NO5S2/c1-34-21-7-11-22(12-8-21)35(30,31)23-13-15-29(16-14-23)36(32,33)24-9-5-18(6-10-24)19-3-2-4-20(17-19)25(26,27)28/h2-12,17,23H,13-16H2,1H3. The summed E-state index contributed by atoms with van der Waals surface area (Å²) in [4.78, 5) is 0.157. The average Bonchev–Trinajstić information content (AvgIpc) is 2.88. The molecule has 6 nitrogen and oxygen atoms in total. The van der Waals surface area contributed by atoms with E-state index in [4.69, 9.17) is 4.74 Å².